The lowest BCUT2D eigenvalue weighted by atomic mass is 9.93. The van der Waals surface area contributed by atoms with Gasteiger partial charge >= 0.3 is 0 Å². The van der Waals surface area contributed by atoms with Gasteiger partial charge in [-0.05, 0) is 13.0 Å². The Morgan fingerprint density at radius 1 is 1.27 bits per heavy atom. The molecule has 0 rings (SSSR count). The van der Waals surface area contributed by atoms with E-state index in [-0.39, 0.29) is 18.6 Å². The van der Waals surface area contributed by atoms with Crippen LogP contribution in [0.5, 0.6) is 0 Å². The molecule has 0 amide bonds. The van der Waals surface area contributed by atoms with E-state index in [1.807, 2.05) is 6.92 Å². The first-order valence-electron chi connectivity index (χ1n) is 4.11. The van der Waals surface area contributed by atoms with Gasteiger partial charge in [-0.3, -0.25) is 0 Å². The lowest BCUT2D eigenvalue weighted by molar-refractivity contribution is 0.0699. The molecule has 0 aromatic rings. The molecule has 0 heterocycles. The summed E-state index contributed by atoms with van der Waals surface area (Å²) in [4.78, 5) is 0. The van der Waals surface area contributed by atoms with Crippen LogP contribution in [0.15, 0.2) is 0 Å². The van der Waals surface area contributed by atoms with Crippen LogP contribution >= 0.6 is 0 Å². The molecule has 0 saturated carbocycles. The van der Waals surface area contributed by atoms with Crippen LogP contribution in [-0.4, -0.2) is 36.5 Å². The molecule has 0 aliphatic rings. The lowest BCUT2D eigenvalue weighted by Crippen LogP contribution is -2.38. The Labute approximate surface area is 68.4 Å². The van der Waals surface area contributed by atoms with E-state index in [2.05, 4.69) is 12.2 Å². The minimum atomic E-state index is -0.366. The summed E-state index contributed by atoms with van der Waals surface area (Å²) < 4.78 is 0. The van der Waals surface area contributed by atoms with Crippen molar-refractivity contribution in [3.8, 4) is 0 Å². The van der Waals surface area contributed by atoms with Gasteiger partial charge in [0.05, 0.1) is 13.2 Å². The molecule has 0 atom stereocenters. The maximum absolute atomic E-state index is 8.88. The van der Waals surface area contributed by atoms with E-state index in [9.17, 15) is 0 Å². The van der Waals surface area contributed by atoms with Crippen LogP contribution in [0.4, 0.5) is 0 Å². The second-order valence-electron chi connectivity index (χ2n) is 3.30. The van der Waals surface area contributed by atoms with Crippen LogP contribution in [0, 0.1) is 5.41 Å². The van der Waals surface area contributed by atoms with Gasteiger partial charge in [-0.2, -0.15) is 0 Å². The molecular formula is C8H19NO2. The van der Waals surface area contributed by atoms with Gasteiger partial charge in [0.2, 0.25) is 0 Å². The van der Waals surface area contributed by atoms with Gasteiger partial charge in [-0.25, -0.2) is 0 Å². The fourth-order valence-electron chi connectivity index (χ4n) is 0.729. The molecular weight excluding hydrogens is 142 g/mol. The van der Waals surface area contributed by atoms with Crippen molar-refractivity contribution < 1.29 is 10.2 Å². The minimum absolute atomic E-state index is 0.0280. The topological polar surface area (TPSA) is 52.5 Å². The molecule has 0 aromatic heterocycles. The monoisotopic (exact) mass is 161 g/mol. The largest absolute Gasteiger partial charge is 0.396 e. The molecule has 3 nitrogen and oxygen atoms in total. The standard InChI is InChI=1S/C8H19NO2/c1-3-4-9-5-8(2,6-10)7-11/h9-11H,3-7H2,1-2H3. The molecule has 0 aliphatic heterocycles. The Balaban J connectivity index is 3.51. The molecule has 11 heavy (non-hydrogen) atoms. The van der Waals surface area contributed by atoms with Crippen LogP contribution < -0.4 is 5.32 Å². The van der Waals surface area contributed by atoms with Gasteiger partial charge in [0, 0.05) is 12.0 Å². The molecule has 0 radical (unpaired) electrons. The molecule has 0 unspecified atom stereocenters. The zero-order valence-electron chi connectivity index (χ0n) is 7.43. The zero-order valence-corrected chi connectivity index (χ0v) is 7.43. The van der Waals surface area contributed by atoms with Crippen LogP contribution in [0.1, 0.15) is 20.3 Å². The fourth-order valence-corrected chi connectivity index (χ4v) is 0.729. The van der Waals surface area contributed by atoms with Crippen molar-refractivity contribution in [1.82, 2.24) is 5.32 Å². The summed E-state index contributed by atoms with van der Waals surface area (Å²) in [5.74, 6) is 0. The van der Waals surface area contributed by atoms with E-state index in [1.165, 1.54) is 0 Å². The summed E-state index contributed by atoms with van der Waals surface area (Å²) in [6, 6.07) is 0. The number of aliphatic hydroxyl groups is 2. The Bertz CT molecular complexity index is 92.1. The SMILES string of the molecule is CCCNCC(C)(CO)CO. The zero-order chi connectivity index (χ0) is 8.74. The average molecular weight is 161 g/mol. The Kier molecular flexibility index (Phi) is 5.46. The molecule has 0 aliphatic carbocycles. The first kappa shape index (κ1) is 10.9. The van der Waals surface area contributed by atoms with Crippen LogP contribution in [0.3, 0.4) is 0 Å². The first-order chi connectivity index (χ1) is 5.18. The summed E-state index contributed by atoms with van der Waals surface area (Å²) in [6.07, 6.45) is 1.08. The van der Waals surface area contributed by atoms with E-state index < -0.39 is 0 Å². The minimum Gasteiger partial charge on any atom is -0.396 e. The predicted octanol–water partition coefficient (Wildman–Crippen LogP) is -0.0231. The predicted molar refractivity (Wildman–Crippen MR) is 45.4 cm³/mol. The molecule has 3 heteroatoms. The molecule has 0 spiro atoms. The van der Waals surface area contributed by atoms with Gasteiger partial charge in [-0.15, -0.1) is 0 Å². The number of aliphatic hydroxyl groups excluding tert-OH is 2. The van der Waals surface area contributed by atoms with Crippen molar-refractivity contribution in [2.45, 2.75) is 20.3 Å². The summed E-state index contributed by atoms with van der Waals surface area (Å²) in [7, 11) is 0. The summed E-state index contributed by atoms with van der Waals surface area (Å²) in [5.41, 5.74) is -0.366. The highest BCUT2D eigenvalue weighted by Crippen LogP contribution is 2.11. The van der Waals surface area contributed by atoms with E-state index in [1.54, 1.807) is 0 Å². The van der Waals surface area contributed by atoms with Crippen molar-refractivity contribution in [3.63, 3.8) is 0 Å². The number of hydrogen-bond donors (Lipinski definition) is 3. The van der Waals surface area contributed by atoms with E-state index in [0.29, 0.717) is 6.54 Å². The molecule has 0 saturated heterocycles. The lowest BCUT2D eigenvalue weighted by Gasteiger charge is -2.24. The maximum atomic E-state index is 8.88. The average Bonchev–Trinajstić information content (AvgIpc) is 2.05. The smallest absolute Gasteiger partial charge is 0.0518 e. The highest BCUT2D eigenvalue weighted by atomic mass is 16.3. The highest BCUT2D eigenvalue weighted by Gasteiger charge is 2.21. The van der Waals surface area contributed by atoms with Crippen molar-refractivity contribution in [2.75, 3.05) is 26.3 Å². The number of rotatable bonds is 6. The molecule has 0 fully saturated rings. The summed E-state index contributed by atoms with van der Waals surface area (Å²) in [5, 5.41) is 20.9. The highest BCUT2D eigenvalue weighted by molar-refractivity contribution is 4.74. The second kappa shape index (κ2) is 5.52. The van der Waals surface area contributed by atoms with Gasteiger partial charge in [0.25, 0.3) is 0 Å². The molecule has 68 valence electrons. The quantitative estimate of drug-likeness (QED) is 0.480. The van der Waals surface area contributed by atoms with E-state index >= 15 is 0 Å². The Morgan fingerprint density at radius 2 is 1.82 bits per heavy atom. The van der Waals surface area contributed by atoms with Gasteiger partial charge in [-0.1, -0.05) is 13.8 Å². The van der Waals surface area contributed by atoms with Crippen molar-refractivity contribution in [1.29, 1.82) is 0 Å². The van der Waals surface area contributed by atoms with Gasteiger partial charge in [0.15, 0.2) is 0 Å². The Hall–Kier alpha value is -0.120. The first-order valence-corrected chi connectivity index (χ1v) is 4.11. The van der Waals surface area contributed by atoms with Crippen molar-refractivity contribution in [2.24, 2.45) is 5.41 Å². The molecule has 3 N–H and O–H groups in total. The molecule has 0 aromatic carbocycles. The van der Waals surface area contributed by atoms with Gasteiger partial charge in [0.1, 0.15) is 0 Å². The normalized spacial score (nSPS) is 12.0. The van der Waals surface area contributed by atoms with Crippen molar-refractivity contribution >= 4 is 0 Å². The summed E-state index contributed by atoms with van der Waals surface area (Å²) in [6.45, 7) is 5.61. The van der Waals surface area contributed by atoms with Crippen LogP contribution in [-0.2, 0) is 0 Å². The van der Waals surface area contributed by atoms with E-state index in [0.717, 1.165) is 13.0 Å². The number of nitrogens with one attached hydrogen (secondary N) is 1. The fraction of sp³-hybridized carbons (Fsp3) is 1.00. The Morgan fingerprint density at radius 3 is 2.18 bits per heavy atom. The number of hydrogen-bond acceptors (Lipinski definition) is 3. The third-order valence-corrected chi connectivity index (χ3v) is 1.74. The summed E-state index contributed by atoms with van der Waals surface area (Å²) >= 11 is 0. The molecule has 0 bridgehead atoms. The van der Waals surface area contributed by atoms with Gasteiger partial charge < -0.3 is 15.5 Å². The van der Waals surface area contributed by atoms with Crippen molar-refractivity contribution in [3.05, 3.63) is 0 Å². The van der Waals surface area contributed by atoms with Crippen LogP contribution in [0.25, 0.3) is 0 Å². The van der Waals surface area contributed by atoms with E-state index in [4.69, 9.17) is 10.2 Å². The maximum Gasteiger partial charge on any atom is 0.0518 e. The van der Waals surface area contributed by atoms with Crippen LogP contribution in [0.2, 0.25) is 0 Å². The third kappa shape index (κ3) is 4.35. The second-order valence-corrected chi connectivity index (χ2v) is 3.30. The third-order valence-electron chi connectivity index (χ3n) is 1.74.